The number of nitrogens with one attached hydrogen (secondary N) is 2. The zero-order chi connectivity index (χ0) is 18.2. The highest BCUT2D eigenvalue weighted by atomic mass is 16.3. The molecule has 0 radical (unpaired) electrons. The summed E-state index contributed by atoms with van der Waals surface area (Å²) in [5.74, 6) is 0.407. The lowest BCUT2D eigenvalue weighted by Crippen LogP contribution is -2.45. The molecule has 2 aromatic rings. The molecule has 2 rings (SSSR count). The van der Waals surface area contributed by atoms with E-state index >= 15 is 0 Å². The van der Waals surface area contributed by atoms with E-state index in [1.165, 1.54) is 6.33 Å². The molecule has 1 heterocycles. The number of aromatic nitrogens is 2. The minimum absolute atomic E-state index is 0.0617. The molecule has 0 fully saturated rings. The maximum atomic E-state index is 12.1. The highest BCUT2D eigenvalue weighted by molar-refractivity contribution is 5.74. The molecule has 0 aliphatic carbocycles. The van der Waals surface area contributed by atoms with Gasteiger partial charge in [0.25, 0.3) is 0 Å². The first-order valence-corrected chi connectivity index (χ1v) is 8.52. The van der Waals surface area contributed by atoms with E-state index in [2.05, 4.69) is 34.4 Å². The second-order valence-electron chi connectivity index (χ2n) is 6.60. The number of hydrogen-bond donors (Lipinski definition) is 3. The second-order valence-corrected chi connectivity index (χ2v) is 6.60. The van der Waals surface area contributed by atoms with Crippen molar-refractivity contribution in [3.63, 3.8) is 0 Å². The number of urea groups is 1. The van der Waals surface area contributed by atoms with E-state index in [9.17, 15) is 9.90 Å². The summed E-state index contributed by atoms with van der Waals surface area (Å²) in [4.78, 5) is 20.2. The lowest BCUT2D eigenvalue weighted by Gasteiger charge is -2.21. The lowest BCUT2D eigenvalue weighted by atomic mass is 10.0. The number of carbonyl (C=O) groups excluding carboxylic acids is 1. The van der Waals surface area contributed by atoms with Gasteiger partial charge in [0.2, 0.25) is 0 Å². The fourth-order valence-corrected chi connectivity index (χ4v) is 2.67. The Hall–Kier alpha value is -2.47. The monoisotopic (exact) mass is 342 g/mol. The number of amides is 2. The fourth-order valence-electron chi connectivity index (χ4n) is 2.67. The van der Waals surface area contributed by atoms with Crippen molar-refractivity contribution < 1.29 is 9.90 Å². The van der Waals surface area contributed by atoms with Crippen LogP contribution in [0.5, 0.6) is 0 Å². The molecule has 1 aromatic carbocycles. The zero-order valence-corrected chi connectivity index (χ0v) is 14.9. The Kier molecular flexibility index (Phi) is 6.89. The number of nitrogens with zero attached hydrogens (tertiary/aromatic N) is 2. The molecular weight excluding hydrogens is 316 g/mol. The summed E-state index contributed by atoms with van der Waals surface area (Å²) < 4.78 is 0. The molecule has 6 nitrogen and oxygen atoms in total. The van der Waals surface area contributed by atoms with Gasteiger partial charge in [0.1, 0.15) is 6.33 Å². The standard InChI is InChI=1S/C19H26N4O2/c1-13(2)8-18(11-24)23-19(25)22-14(3)15-4-6-16(7-5-15)17-9-20-12-21-10-17/h4-7,9-10,12-14,18,24H,8,11H2,1-3H3,(H2,22,23,25)/t14-,18-/m0/s1. The van der Waals surface area contributed by atoms with Gasteiger partial charge in [0, 0.05) is 18.0 Å². The van der Waals surface area contributed by atoms with E-state index in [-0.39, 0.29) is 24.7 Å². The molecule has 0 spiro atoms. The number of aliphatic hydroxyl groups excluding tert-OH is 1. The zero-order valence-electron chi connectivity index (χ0n) is 14.9. The van der Waals surface area contributed by atoms with Gasteiger partial charge >= 0.3 is 6.03 Å². The third-order valence-corrected chi connectivity index (χ3v) is 3.96. The second kappa shape index (κ2) is 9.13. The van der Waals surface area contributed by atoms with Gasteiger partial charge in [-0.05, 0) is 30.4 Å². The van der Waals surface area contributed by atoms with Gasteiger partial charge in [0.15, 0.2) is 0 Å². The van der Waals surface area contributed by atoms with Crippen LogP contribution in [-0.4, -0.2) is 33.8 Å². The van der Waals surface area contributed by atoms with Crippen LogP contribution in [-0.2, 0) is 0 Å². The Morgan fingerprint density at radius 3 is 2.24 bits per heavy atom. The number of aliphatic hydroxyl groups is 1. The summed E-state index contributed by atoms with van der Waals surface area (Å²) in [6, 6.07) is 7.29. The van der Waals surface area contributed by atoms with Crippen molar-refractivity contribution in [2.24, 2.45) is 5.92 Å². The van der Waals surface area contributed by atoms with Gasteiger partial charge in [0.05, 0.1) is 18.7 Å². The minimum Gasteiger partial charge on any atom is -0.394 e. The van der Waals surface area contributed by atoms with E-state index in [0.29, 0.717) is 5.92 Å². The summed E-state index contributed by atoms with van der Waals surface area (Å²) >= 11 is 0. The van der Waals surface area contributed by atoms with Crippen molar-refractivity contribution in [2.45, 2.75) is 39.3 Å². The third kappa shape index (κ3) is 5.83. The van der Waals surface area contributed by atoms with E-state index < -0.39 is 0 Å². The van der Waals surface area contributed by atoms with Crippen LogP contribution in [0.2, 0.25) is 0 Å². The Balaban J connectivity index is 1.94. The van der Waals surface area contributed by atoms with Crippen molar-refractivity contribution in [3.05, 3.63) is 48.5 Å². The van der Waals surface area contributed by atoms with E-state index in [1.807, 2.05) is 31.2 Å². The van der Waals surface area contributed by atoms with Crippen LogP contribution < -0.4 is 10.6 Å². The molecule has 3 N–H and O–H groups in total. The average Bonchev–Trinajstić information content (AvgIpc) is 2.61. The van der Waals surface area contributed by atoms with Gasteiger partial charge in [-0.15, -0.1) is 0 Å². The number of carbonyl (C=O) groups is 1. The normalized spacial score (nSPS) is 13.3. The summed E-state index contributed by atoms with van der Waals surface area (Å²) in [5.41, 5.74) is 2.98. The van der Waals surface area contributed by atoms with E-state index in [1.54, 1.807) is 12.4 Å². The van der Waals surface area contributed by atoms with Gasteiger partial charge in [-0.25, -0.2) is 14.8 Å². The van der Waals surface area contributed by atoms with Gasteiger partial charge in [-0.2, -0.15) is 0 Å². The lowest BCUT2D eigenvalue weighted by molar-refractivity contribution is 0.205. The van der Waals surface area contributed by atoms with Crippen LogP contribution in [0.15, 0.2) is 43.0 Å². The molecule has 6 heteroatoms. The van der Waals surface area contributed by atoms with Gasteiger partial charge in [-0.3, -0.25) is 0 Å². The first kappa shape index (κ1) is 18.9. The first-order chi connectivity index (χ1) is 12.0. The summed E-state index contributed by atoms with van der Waals surface area (Å²) in [5, 5.41) is 15.1. The largest absolute Gasteiger partial charge is 0.394 e. The maximum Gasteiger partial charge on any atom is 0.315 e. The van der Waals surface area contributed by atoms with Crippen molar-refractivity contribution in [3.8, 4) is 11.1 Å². The van der Waals surface area contributed by atoms with Gasteiger partial charge < -0.3 is 15.7 Å². The first-order valence-electron chi connectivity index (χ1n) is 8.52. The van der Waals surface area contributed by atoms with Crippen LogP contribution in [0, 0.1) is 5.92 Å². The average molecular weight is 342 g/mol. The third-order valence-electron chi connectivity index (χ3n) is 3.96. The van der Waals surface area contributed by atoms with Crippen molar-refractivity contribution in [1.82, 2.24) is 20.6 Å². The smallest absolute Gasteiger partial charge is 0.315 e. The molecule has 0 saturated heterocycles. The Morgan fingerprint density at radius 2 is 1.68 bits per heavy atom. The highest BCUT2D eigenvalue weighted by Gasteiger charge is 2.15. The summed E-state index contributed by atoms with van der Waals surface area (Å²) in [6.07, 6.45) is 5.77. The minimum atomic E-state index is -0.271. The number of hydrogen-bond acceptors (Lipinski definition) is 4. The van der Waals surface area contributed by atoms with Crippen LogP contribution in [0.3, 0.4) is 0 Å². The molecule has 0 aliphatic heterocycles. The molecule has 0 saturated carbocycles. The predicted octanol–water partition coefficient (Wildman–Crippen LogP) is 2.91. The quantitative estimate of drug-likeness (QED) is 0.722. The van der Waals surface area contributed by atoms with Crippen molar-refractivity contribution >= 4 is 6.03 Å². The van der Waals surface area contributed by atoms with E-state index in [4.69, 9.17) is 0 Å². The Labute approximate surface area is 148 Å². The Bertz CT molecular complexity index is 659. The molecule has 0 aliphatic rings. The van der Waals surface area contributed by atoms with Crippen LogP contribution in [0.4, 0.5) is 4.79 Å². The molecule has 134 valence electrons. The molecule has 2 amide bonds. The number of rotatable bonds is 7. The SMILES string of the molecule is CC(C)C[C@@H](CO)NC(=O)N[C@@H](C)c1ccc(-c2cncnc2)cc1. The topological polar surface area (TPSA) is 87.1 Å². The molecular formula is C19H26N4O2. The van der Waals surface area contributed by atoms with Crippen LogP contribution >= 0.6 is 0 Å². The summed E-state index contributed by atoms with van der Waals surface area (Å²) in [6.45, 7) is 5.98. The molecule has 2 atom stereocenters. The summed E-state index contributed by atoms with van der Waals surface area (Å²) in [7, 11) is 0. The molecule has 0 bridgehead atoms. The highest BCUT2D eigenvalue weighted by Crippen LogP contribution is 2.20. The molecule has 1 aromatic heterocycles. The Morgan fingerprint density at radius 1 is 1.04 bits per heavy atom. The predicted molar refractivity (Wildman–Crippen MR) is 97.9 cm³/mol. The molecule has 25 heavy (non-hydrogen) atoms. The van der Waals surface area contributed by atoms with Crippen LogP contribution in [0.25, 0.3) is 11.1 Å². The molecule has 0 unspecified atom stereocenters. The van der Waals surface area contributed by atoms with Crippen LogP contribution in [0.1, 0.15) is 38.8 Å². The maximum absolute atomic E-state index is 12.1. The van der Waals surface area contributed by atoms with E-state index in [0.717, 1.165) is 23.1 Å². The van der Waals surface area contributed by atoms with Crippen molar-refractivity contribution in [2.75, 3.05) is 6.61 Å². The number of benzene rings is 1. The van der Waals surface area contributed by atoms with Gasteiger partial charge in [-0.1, -0.05) is 38.1 Å². The fraction of sp³-hybridized carbons (Fsp3) is 0.421. The van der Waals surface area contributed by atoms with Crippen molar-refractivity contribution in [1.29, 1.82) is 0 Å².